The first-order valence-corrected chi connectivity index (χ1v) is 24.4. The van der Waals surface area contributed by atoms with Gasteiger partial charge in [-0.15, -0.1) is 0 Å². The molecule has 7 rings (SSSR count). The smallest absolute Gasteiger partial charge is 0.338 e. The highest BCUT2D eigenvalue weighted by Gasteiger charge is 2.70. The lowest BCUT2D eigenvalue weighted by atomic mass is 9.73. The van der Waals surface area contributed by atoms with Crippen molar-refractivity contribution in [3.05, 3.63) is 0 Å². The van der Waals surface area contributed by atoms with Gasteiger partial charge in [-0.2, -0.15) is 0 Å². The number of methoxy groups -OCH3 is 5. The van der Waals surface area contributed by atoms with E-state index in [2.05, 4.69) is 13.8 Å². The molecule has 0 aliphatic carbocycles. The fourth-order valence-electron chi connectivity index (χ4n) is 13.3. The van der Waals surface area contributed by atoms with E-state index in [1.165, 1.54) is 14.2 Å². The Hall–Kier alpha value is -1.17. The second-order valence-corrected chi connectivity index (χ2v) is 21.2. The lowest BCUT2D eigenvalue weighted by Gasteiger charge is -2.56. The standard InChI is InChI=1S/C48H82O18/c1-23-38(62-37-20-18-30(54-10)28(6)59-37)25(3)46(9,52)65-39(23)33-16-15-31(60-33)32-17-19-35(61-32)45(8)42(57-13)27(5)48(66-45)24(2)34(55-11)21-29(63-48)22-36-44(7,58-14)41(56-12)26(4)47(53,64-36)40(49)43(50)51/h23-42,49,52-53H,15-22H2,1-14H3,(H,50,51)/t23-,24+,25+,26-,27+,28+,29-,30-,31+,32-,33+,34+,35+,36+,37-,38-,39-,40-,41-,42+,44-,45-,46-,47-,48-/m0/s1. The van der Waals surface area contributed by atoms with Gasteiger partial charge in [0.15, 0.2) is 17.9 Å². The first kappa shape index (κ1) is 52.6. The van der Waals surface area contributed by atoms with Gasteiger partial charge in [0, 0.05) is 84.4 Å². The lowest BCUT2D eigenvalue weighted by molar-refractivity contribution is -0.389. The molecule has 0 bridgehead atoms. The molecule has 0 saturated carbocycles. The summed E-state index contributed by atoms with van der Waals surface area (Å²) in [6.07, 6.45) is -2.92. The number of carboxylic acids is 1. The predicted octanol–water partition coefficient (Wildman–Crippen LogP) is 3.94. The minimum absolute atomic E-state index is 0.0182. The highest BCUT2D eigenvalue weighted by Crippen LogP contribution is 2.57. The minimum atomic E-state index is -2.50. The van der Waals surface area contributed by atoms with Gasteiger partial charge < -0.3 is 82.0 Å². The molecule has 7 aliphatic heterocycles. The van der Waals surface area contributed by atoms with Gasteiger partial charge in [0.2, 0.25) is 11.9 Å². The van der Waals surface area contributed by atoms with E-state index in [9.17, 15) is 25.2 Å². The summed E-state index contributed by atoms with van der Waals surface area (Å²) in [6, 6.07) is 0. The lowest BCUT2D eigenvalue weighted by Crippen LogP contribution is -2.72. The number of ether oxygens (including phenoxy) is 13. The van der Waals surface area contributed by atoms with Crippen molar-refractivity contribution in [3.8, 4) is 0 Å². The van der Waals surface area contributed by atoms with Crippen molar-refractivity contribution in [1.29, 1.82) is 0 Å². The summed E-state index contributed by atoms with van der Waals surface area (Å²) in [5.41, 5.74) is -2.16. The van der Waals surface area contributed by atoms with Crippen LogP contribution >= 0.6 is 0 Å². The van der Waals surface area contributed by atoms with Crippen molar-refractivity contribution in [1.82, 2.24) is 0 Å². The zero-order chi connectivity index (χ0) is 48.5. The Morgan fingerprint density at radius 3 is 1.94 bits per heavy atom. The SMILES string of the molecule is CO[C@H]1CC[C@H](O[C@H]2[C@H](C)[C@@H]([C@H]3CC[C@H]([C@@H]4CC[C@H]([C@]5(C)O[C@]6(O[C@H](C[C@H]7O[C@](O)([C@@H](O)C(=O)O)[C@@H](C)[C@H](OC)[C@@]7(C)OC)C[C@@H](OC)[C@H]6C)[C@H](C)[C@H]5OC)O4)O3)O[C@](C)(O)[C@@H]2C)O[C@@H]1C. The van der Waals surface area contributed by atoms with E-state index in [-0.39, 0.29) is 78.9 Å². The second kappa shape index (κ2) is 19.8. The van der Waals surface area contributed by atoms with Crippen LogP contribution in [0.4, 0.5) is 0 Å². The largest absolute Gasteiger partial charge is 0.479 e. The average molecular weight is 947 g/mol. The van der Waals surface area contributed by atoms with Crippen molar-refractivity contribution in [2.24, 2.45) is 29.6 Å². The first-order chi connectivity index (χ1) is 31.0. The highest BCUT2D eigenvalue weighted by atomic mass is 16.7. The van der Waals surface area contributed by atoms with Crippen LogP contribution in [0.15, 0.2) is 0 Å². The summed E-state index contributed by atoms with van der Waals surface area (Å²) in [7, 11) is 7.98. The topological polar surface area (TPSA) is 218 Å². The third kappa shape index (κ3) is 8.95. The molecule has 0 aromatic heterocycles. The quantitative estimate of drug-likeness (QED) is 0.194. The van der Waals surface area contributed by atoms with Gasteiger partial charge in [-0.3, -0.25) is 0 Å². The number of hydrogen-bond donors (Lipinski definition) is 4. The number of carbonyl (C=O) groups is 1. The zero-order valence-electron chi connectivity index (χ0n) is 41.7. The first-order valence-electron chi connectivity index (χ1n) is 24.4. The molecule has 1 spiro atoms. The van der Waals surface area contributed by atoms with E-state index in [0.717, 1.165) is 25.7 Å². The molecule has 0 aromatic carbocycles. The number of rotatable bonds is 14. The number of hydrogen-bond acceptors (Lipinski definition) is 17. The van der Waals surface area contributed by atoms with E-state index >= 15 is 0 Å². The third-order valence-corrected chi connectivity index (χ3v) is 17.6. The van der Waals surface area contributed by atoms with Crippen molar-refractivity contribution in [2.45, 2.75) is 234 Å². The molecule has 0 radical (unpaired) electrons. The Morgan fingerprint density at radius 2 is 1.33 bits per heavy atom. The summed E-state index contributed by atoms with van der Waals surface area (Å²) in [4.78, 5) is 12.1. The second-order valence-electron chi connectivity index (χ2n) is 21.2. The number of carboxylic acid groups (broad SMARTS) is 1. The van der Waals surface area contributed by atoms with Gasteiger partial charge in [0.05, 0.1) is 79.4 Å². The summed E-state index contributed by atoms with van der Waals surface area (Å²) >= 11 is 0. The van der Waals surface area contributed by atoms with Gasteiger partial charge in [-0.1, -0.05) is 34.6 Å². The fraction of sp³-hybridized carbons (Fsp3) is 0.979. The van der Waals surface area contributed by atoms with E-state index in [4.69, 9.17) is 61.6 Å². The van der Waals surface area contributed by atoms with E-state index in [0.29, 0.717) is 19.3 Å². The minimum Gasteiger partial charge on any atom is -0.479 e. The van der Waals surface area contributed by atoms with Gasteiger partial charge in [0.1, 0.15) is 11.2 Å². The molecule has 25 atom stereocenters. The molecule has 7 heterocycles. The van der Waals surface area contributed by atoms with Crippen LogP contribution in [0.5, 0.6) is 0 Å². The van der Waals surface area contributed by atoms with Crippen LogP contribution in [0.25, 0.3) is 0 Å². The van der Waals surface area contributed by atoms with Crippen LogP contribution < -0.4 is 0 Å². The molecule has 7 saturated heterocycles. The fourth-order valence-corrected chi connectivity index (χ4v) is 13.3. The monoisotopic (exact) mass is 947 g/mol. The van der Waals surface area contributed by atoms with Crippen LogP contribution in [0.3, 0.4) is 0 Å². The molecule has 7 fully saturated rings. The third-order valence-electron chi connectivity index (χ3n) is 17.6. The van der Waals surface area contributed by atoms with E-state index in [1.807, 2.05) is 27.7 Å². The Labute approximate surface area is 391 Å². The summed E-state index contributed by atoms with van der Waals surface area (Å²) in [5, 5.41) is 43.9. The summed E-state index contributed by atoms with van der Waals surface area (Å²) in [5.74, 6) is -8.80. The maximum absolute atomic E-state index is 12.1. The molecule has 18 heteroatoms. The van der Waals surface area contributed by atoms with Crippen LogP contribution in [-0.2, 0) is 66.4 Å². The Balaban J connectivity index is 1.05. The van der Waals surface area contributed by atoms with Crippen LogP contribution in [0, 0.1) is 29.6 Å². The van der Waals surface area contributed by atoms with Crippen LogP contribution in [0.2, 0.25) is 0 Å². The predicted molar refractivity (Wildman–Crippen MR) is 234 cm³/mol. The van der Waals surface area contributed by atoms with E-state index < -0.39 is 83.4 Å². The maximum atomic E-state index is 12.1. The number of aliphatic hydroxyl groups excluding tert-OH is 1. The number of aliphatic hydroxyl groups is 3. The van der Waals surface area contributed by atoms with Gasteiger partial charge >= 0.3 is 5.97 Å². The summed E-state index contributed by atoms with van der Waals surface area (Å²) < 4.78 is 83.8. The number of aliphatic carboxylic acids is 1. The van der Waals surface area contributed by atoms with Crippen LogP contribution in [-0.4, -0.2) is 182 Å². The molecule has 0 amide bonds. The molecule has 4 N–H and O–H groups in total. The van der Waals surface area contributed by atoms with Crippen molar-refractivity contribution in [3.63, 3.8) is 0 Å². The molecule has 0 unspecified atom stereocenters. The molecule has 66 heavy (non-hydrogen) atoms. The van der Waals surface area contributed by atoms with Crippen molar-refractivity contribution >= 4 is 5.97 Å². The molecule has 18 nitrogen and oxygen atoms in total. The molecule has 0 aromatic rings. The Kier molecular flexibility index (Phi) is 15.8. The van der Waals surface area contributed by atoms with Gasteiger partial charge in [-0.25, -0.2) is 4.79 Å². The van der Waals surface area contributed by atoms with Gasteiger partial charge in [0.25, 0.3) is 0 Å². The van der Waals surface area contributed by atoms with Crippen LogP contribution in [0.1, 0.15) is 114 Å². The Bertz CT molecular complexity index is 1660. The maximum Gasteiger partial charge on any atom is 0.338 e. The molecular weight excluding hydrogens is 865 g/mol. The Morgan fingerprint density at radius 1 is 0.697 bits per heavy atom. The normalized spacial score (nSPS) is 53.9. The highest BCUT2D eigenvalue weighted by molar-refractivity contribution is 5.73. The molecule has 382 valence electrons. The van der Waals surface area contributed by atoms with Crippen molar-refractivity contribution in [2.75, 3.05) is 35.5 Å². The summed E-state index contributed by atoms with van der Waals surface area (Å²) in [6.45, 7) is 17.2. The average Bonchev–Trinajstić information content (AvgIpc) is 4.02. The van der Waals surface area contributed by atoms with Crippen molar-refractivity contribution < 1.29 is 86.8 Å². The molecular formula is C48H82O18. The van der Waals surface area contributed by atoms with E-state index in [1.54, 1.807) is 42.1 Å². The zero-order valence-corrected chi connectivity index (χ0v) is 41.7. The molecule has 7 aliphatic rings. The van der Waals surface area contributed by atoms with Gasteiger partial charge in [-0.05, 0) is 59.8 Å².